The van der Waals surface area contributed by atoms with Crippen LogP contribution in [-0.2, 0) is 9.31 Å². The van der Waals surface area contributed by atoms with Crippen LogP contribution in [0.5, 0.6) is 0 Å². The average Bonchev–Trinajstić information content (AvgIpc) is 2.85. The van der Waals surface area contributed by atoms with Gasteiger partial charge in [-0.25, -0.2) is 4.79 Å². The van der Waals surface area contributed by atoms with E-state index in [0.29, 0.717) is 11.0 Å². The molecule has 7 heteroatoms. The zero-order chi connectivity index (χ0) is 15.4. The fourth-order valence-corrected chi connectivity index (χ4v) is 2.42. The van der Waals surface area contributed by atoms with Crippen LogP contribution in [-0.4, -0.2) is 39.1 Å². The van der Waals surface area contributed by atoms with Gasteiger partial charge in [-0.15, -0.1) is 0 Å². The van der Waals surface area contributed by atoms with E-state index in [0.717, 1.165) is 9.95 Å². The maximum absolute atomic E-state index is 11.4. The fourth-order valence-electron chi connectivity index (χ4n) is 2.42. The molecule has 0 amide bonds. The van der Waals surface area contributed by atoms with Crippen LogP contribution in [0.25, 0.3) is 10.9 Å². The second-order valence-electron chi connectivity index (χ2n) is 6.22. The van der Waals surface area contributed by atoms with E-state index in [9.17, 15) is 9.90 Å². The smallest absolute Gasteiger partial charge is 0.464 e. The number of hydrogen-bond acceptors (Lipinski definition) is 4. The molecule has 0 unspecified atom stereocenters. The number of pyridine rings is 1. The molecule has 0 aromatic carbocycles. The molecule has 0 spiro atoms. The van der Waals surface area contributed by atoms with E-state index >= 15 is 0 Å². The van der Waals surface area contributed by atoms with Crippen LogP contribution in [0, 0.1) is 0 Å². The van der Waals surface area contributed by atoms with Gasteiger partial charge in [0.2, 0.25) is 0 Å². The average molecular weight is 288 g/mol. The number of hydrogen-bond donors (Lipinski definition) is 1. The molecule has 3 rings (SSSR count). The standard InChI is InChI=1S/C14H17BN2O4/c1-13(2)14(3,4)21-15(20-13)10-8-17(12(18)19)11-7-16-6-5-9(10)11/h5-8H,1-4H3,(H,18,19). The maximum Gasteiger partial charge on any atom is 0.497 e. The van der Waals surface area contributed by atoms with E-state index in [1.807, 2.05) is 27.7 Å². The van der Waals surface area contributed by atoms with Crippen LogP contribution in [0.3, 0.4) is 0 Å². The summed E-state index contributed by atoms with van der Waals surface area (Å²) in [5.74, 6) is 0. The molecule has 0 atom stereocenters. The first-order chi connectivity index (χ1) is 9.73. The Morgan fingerprint density at radius 3 is 2.48 bits per heavy atom. The molecule has 1 aliphatic heterocycles. The van der Waals surface area contributed by atoms with E-state index in [-0.39, 0.29) is 0 Å². The third kappa shape index (κ3) is 2.04. The molecule has 0 radical (unpaired) electrons. The molecular formula is C14H17BN2O4. The Bertz CT molecular complexity index is 707. The Kier molecular flexibility index (Phi) is 2.90. The summed E-state index contributed by atoms with van der Waals surface area (Å²) < 4.78 is 13.1. The minimum atomic E-state index is -1.06. The van der Waals surface area contributed by atoms with E-state index in [4.69, 9.17) is 9.31 Å². The molecule has 0 saturated carbocycles. The minimum Gasteiger partial charge on any atom is -0.464 e. The number of nitrogens with zero attached hydrogens (tertiary/aromatic N) is 2. The van der Waals surface area contributed by atoms with Crippen LogP contribution < -0.4 is 5.46 Å². The van der Waals surface area contributed by atoms with Crippen LogP contribution in [0.2, 0.25) is 0 Å². The van der Waals surface area contributed by atoms with Crippen molar-refractivity contribution in [1.29, 1.82) is 0 Å². The molecular weight excluding hydrogens is 271 g/mol. The van der Waals surface area contributed by atoms with Crippen LogP contribution in [0.4, 0.5) is 4.79 Å². The van der Waals surface area contributed by atoms with Gasteiger partial charge in [0.15, 0.2) is 0 Å². The van der Waals surface area contributed by atoms with Crippen molar-refractivity contribution in [1.82, 2.24) is 9.55 Å². The molecule has 0 bridgehead atoms. The molecule has 1 fully saturated rings. The Balaban J connectivity index is 2.13. The number of fused-ring (bicyclic) bond motifs is 1. The number of carboxylic acid groups (broad SMARTS) is 1. The summed E-state index contributed by atoms with van der Waals surface area (Å²) in [7, 11) is -0.597. The van der Waals surface area contributed by atoms with Crippen molar-refractivity contribution in [3.63, 3.8) is 0 Å². The highest BCUT2D eigenvalue weighted by Crippen LogP contribution is 2.37. The number of aromatic nitrogens is 2. The second-order valence-corrected chi connectivity index (χ2v) is 6.22. The monoisotopic (exact) mass is 288 g/mol. The highest BCUT2D eigenvalue weighted by atomic mass is 16.7. The van der Waals surface area contributed by atoms with E-state index < -0.39 is 24.4 Å². The first kappa shape index (κ1) is 14.1. The Hall–Kier alpha value is -1.86. The predicted octanol–water partition coefficient (Wildman–Crippen LogP) is 1.86. The van der Waals surface area contributed by atoms with Crippen LogP contribution >= 0.6 is 0 Å². The van der Waals surface area contributed by atoms with Crippen molar-refractivity contribution in [3.05, 3.63) is 24.7 Å². The second kappa shape index (κ2) is 4.32. The van der Waals surface area contributed by atoms with Gasteiger partial charge < -0.3 is 14.4 Å². The lowest BCUT2D eigenvalue weighted by molar-refractivity contribution is 0.00578. The molecule has 110 valence electrons. The first-order valence-corrected chi connectivity index (χ1v) is 6.77. The van der Waals surface area contributed by atoms with Gasteiger partial charge >= 0.3 is 13.2 Å². The van der Waals surface area contributed by atoms with E-state index in [1.165, 1.54) is 12.4 Å². The summed E-state index contributed by atoms with van der Waals surface area (Å²) in [4.78, 5) is 15.3. The van der Waals surface area contributed by atoms with Gasteiger partial charge in [0, 0.05) is 23.2 Å². The third-order valence-corrected chi connectivity index (χ3v) is 4.35. The minimum absolute atomic E-state index is 0.470. The first-order valence-electron chi connectivity index (χ1n) is 6.77. The fraction of sp³-hybridized carbons (Fsp3) is 0.429. The largest absolute Gasteiger partial charge is 0.497 e. The van der Waals surface area contributed by atoms with Gasteiger partial charge in [-0.3, -0.25) is 9.55 Å². The topological polar surface area (TPSA) is 73.6 Å². The van der Waals surface area contributed by atoms with Crippen molar-refractivity contribution in [2.45, 2.75) is 38.9 Å². The number of rotatable bonds is 1. The molecule has 2 aromatic heterocycles. The summed E-state index contributed by atoms with van der Waals surface area (Å²) in [6, 6.07) is 1.77. The summed E-state index contributed by atoms with van der Waals surface area (Å²) in [5.41, 5.74) is 0.285. The predicted molar refractivity (Wildman–Crippen MR) is 78.9 cm³/mol. The van der Waals surface area contributed by atoms with Crippen molar-refractivity contribution < 1.29 is 19.2 Å². The molecule has 3 heterocycles. The van der Waals surface area contributed by atoms with Gasteiger partial charge in [-0.05, 0) is 33.8 Å². The number of carbonyl (C=O) groups is 1. The van der Waals surface area contributed by atoms with Crippen LogP contribution in [0.1, 0.15) is 27.7 Å². The van der Waals surface area contributed by atoms with Crippen molar-refractivity contribution in [2.24, 2.45) is 0 Å². The van der Waals surface area contributed by atoms with E-state index in [1.54, 1.807) is 12.3 Å². The normalized spacial score (nSPS) is 20.1. The summed E-state index contributed by atoms with van der Waals surface area (Å²) in [5, 5.41) is 10.1. The van der Waals surface area contributed by atoms with Crippen molar-refractivity contribution in [2.75, 3.05) is 0 Å². The van der Waals surface area contributed by atoms with Crippen molar-refractivity contribution in [3.8, 4) is 0 Å². The molecule has 21 heavy (non-hydrogen) atoms. The zero-order valence-electron chi connectivity index (χ0n) is 12.5. The molecule has 1 saturated heterocycles. The van der Waals surface area contributed by atoms with E-state index in [2.05, 4.69) is 4.98 Å². The SMILES string of the molecule is CC1(C)OB(c2cn(C(=O)O)c3cnccc23)OC1(C)C. The summed E-state index contributed by atoms with van der Waals surface area (Å²) >= 11 is 0. The lowest BCUT2D eigenvalue weighted by atomic mass is 9.79. The maximum atomic E-state index is 11.4. The Morgan fingerprint density at radius 2 is 1.90 bits per heavy atom. The van der Waals surface area contributed by atoms with Gasteiger partial charge in [-0.2, -0.15) is 0 Å². The summed E-state index contributed by atoms with van der Waals surface area (Å²) in [6.07, 6.45) is 3.63. The van der Waals surface area contributed by atoms with Gasteiger partial charge in [0.25, 0.3) is 0 Å². The molecule has 2 aromatic rings. The molecule has 1 aliphatic rings. The van der Waals surface area contributed by atoms with Gasteiger partial charge in [-0.1, -0.05) is 0 Å². The third-order valence-electron chi connectivity index (χ3n) is 4.35. The Morgan fingerprint density at radius 1 is 1.29 bits per heavy atom. The highest BCUT2D eigenvalue weighted by molar-refractivity contribution is 6.65. The molecule has 0 aliphatic carbocycles. The lowest BCUT2D eigenvalue weighted by Crippen LogP contribution is -2.41. The zero-order valence-corrected chi connectivity index (χ0v) is 12.5. The lowest BCUT2D eigenvalue weighted by Gasteiger charge is -2.32. The molecule has 6 nitrogen and oxygen atoms in total. The summed E-state index contributed by atoms with van der Waals surface area (Å²) in [6.45, 7) is 7.85. The van der Waals surface area contributed by atoms with Crippen molar-refractivity contribution >= 4 is 29.6 Å². The molecule has 1 N–H and O–H groups in total. The van der Waals surface area contributed by atoms with Gasteiger partial charge in [0.05, 0.1) is 22.9 Å². The highest BCUT2D eigenvalue weighted by Gasteiger charge is 2.52. The quantitative estimate of drug-likeness (QED) is 0.811. The van der Waals surface area contributed by atoms with Crippen LogP contribution in [0.15, 0.2) is 24.7 Å². The Labute approximate surface area is 122 Å². The van der Waals surface area contributed by atoms with Gasteiger partial charge in [0.1, 0.15) is 0 Å².